The number of esters is 1. The number of hydrogen-bond acceptors (Lipinski definition) is 8. The molecule has 0 aliphatic heterocycles. The normalized spacial score (nSPS) is 10.4. The largest absolute Gasteiger partial charge is 0.452 e. The fourth-order valence-electron chi connectivity index (χ4n) is 2.20. The van der Waals surface area contributed by atoms with Gasteiger partial charge in [-0.3, -0.25) is 14.9 Å². The Kier molecular flexibility index (Phi) is 6.29. The molecule has 3 rings (SSSR count). The van der Waals surface area contributed by atoms with Crippen LogP contribution in [0.2, 0.25) is 0 Å². The van der Waals surface area contributed by atoms with Gasteiger partial charge in [-0.2, -0.15) is 0 Å². The Balaban J connectivity index is 1.59. The third-order valence-electron chi connectivity index (χ3n) is 3.55. The van der Waals surface area contributed by atoms with Crippen LogP contribution in [0, 0.1) is 10.1 Å². The highest BCUT2D eigenvalue weighted by Gasteiger charge is 2.17. The quantitative estimate of drug-likeness (QED) is 0.294. The van der Waals surface area contributed by atoms with Crippen LogP contribution in [-0.2, 0) is 9.53 Å². The highest BCUT2D eigenvalue weighted by Crippen LogP contribution is 2.35. The molecule has 148 valence electrons. The van der Waals surface area contributed by atoms with E-state index in [0.29, 0.717) is 14.6 Å². The van der Waals surface area contributed by atoms with Crippen LogP contribution >= 0.6 is 31.9 Å². The fourth-order valence-corrected chi connectivity index (χ4v) is 3.56. The summed E-state index contributed by atoms with van der Waals surface area (Å²) in [5, 5.41) is 24.1. The molecule has 0 saturated heterocycles. The minimum atomic E-state index is -0.690. The van der Waals surface area contributed by atoms with Gasteiger partial charge in [0.1, 0.15) is 6.33 Å². The smallest absolute Gasteiger partial charge is 0.338 e. The predicted molar refractivity (Wildman–Crippen MR) is 107 cm³/mol. The molecule has 1 amide bonds. The predicted octanol–water partition coefficient (Wildman–Crippen LogP) is 2.89. The van der Waals surface area contributed by atoms with Gasteiger partial charge >= 0.3 is 5.97 Å². The van der Waals surface area contributed by atoms with Gasteiger partial charge in [-0.05, 0) is 66.6 Å². The number of amides is 1. The Labute approximate surface area is 179 Å². The fraction of sp³-hybridized carbons (Fsp3) is 0.0625. The molecule has 3 aromatic rings. The lowest BCUT2D eigenvalue weighted by atomic mass is 10.2. The molecule has 0 radical (unpaired) electrons. The summed E-state index contributed by atoms with van der Waals surface area (Å²) in [7, 11) is 0. The average Bonchev–Trinajstić information content (AvgIpc) is 3.23. The SMILES string of the molecule is O=C(COC(=O)c1ccc(-n2cnnn2)cc1)Nc1c(Br)cc([N+](=O)[O-])cc1Br. The van der Waals surface area contributed by atoms with Crippen LogP contribution in [0.25, 0.3) is 5.69 Å². The van der Waals surface area contributed by atoms with Crippen LogP contribution in [0.3, 0.4) is 0 Å². The van der Waals surface area contributed by atoms with Crippen molar-refractivity contribution in [2.75, 3.05) is 11.9 Å². The molecule has 0 unspecified atom stereocenters. The van der Waals surface area contributed by atoms with Crippen molar-refractivity contribution in [3.05, 3.63) is 67.3 Å². The van der Waals surface area contributed by atoms with Crippen LogP contribution in [0.15, 0.2) is 51.7 Å². The molecular weight excluding hydrogens is 516 g/mol. The van der Waals surface area contributed by atoms with Gasteiger partial charge in [0.2, 0.25) is 0 Å². The van der Waals surface area contributed by atoms with E-state index in [2.05, 4.69) is 52.7 Å². The molecule has 29 heavy (non-hydrogen) atoms. The zero-order chi connectivity index (χ0) is 21.0. The van der Waals surface area contributed by atoms with Gasteiger partial charge in [-0.25, -0.2) is 9.48 Å². The minimum Gasteiger partial charge on any atom is -0.452 e. The first-order valence-electron chi connectivity index (χ1n) is 7.79. The number of non-ortho nitro benzene ring substituents is 1. The summed E-state index contributed by atoms with van der Waals surface area (Å²) in [5.41, 5.74) is 1.02. The molecule has 1 aromatic heterocycles. The summed E-state index contributed by atoms with van der Waals surface area (Å²) in [6.45, 7) is -0.538. The number of nitro benzene ring substituents is 1. The number of nitro groups is 1. The zero-order valence-corrected chi connectivity index (χ0v) is 17.5. The van der Waals surface area contributed by atoms with E-state index in [4.69, 9.17) is 4.74 Å². The molecule has 0 fully saturated rings. The summed E-state index contributed by atoms with van der Waals surface area (Å²) >= 11 is 6.32. The Morgan fingerprint density at radius 3 is 2.38 bits per heavy atom. The molecule has 0 aliphatic rings. The van der Waals surface area contributed by atoms with Gasteiger partial charge in [0.05, 0.1) is 21.9 Å². The molecule has 0 bridgehead atoms. The molecule has 0 aliphatic carbocycles. The summed E-state index contributed by atoms with van der Waals surface area (Å²) in [5.74, 6) is -1.30. The molecule has 2 aromatic carbocycles. The van der Waals surface area contributed by atoms with Crippen molar-refractivity contribution in [2.45, 2.75) is 0 Å². The molecule has 0 saturated carbocycles. The second-order valence-corrected chi connectivity index (χ2v) is 7.18. The van der Waals surface area contributed by atoms with Gasteiger partial charge in [-0.1, -0.05) is 0 Å². The Bertz CT molecular complexity index is 1050. The Morgan fingerprint density at radius 2 is 1.83 bits per heavy atom. The van der Waals surface area contributed by atoms with Gasteiger partial charge in [0, 0.05) is 21.1 Å². The Hall–Kier alpha value is -3.19. The van der Waals surface area contributed by atoms with Gasteiger partial charge in [0.15, 0.2) is 6.61 Å². The number of tetrazole rings is 1. The maximum atomic E-state index is 12.1. The maximum absolute atomic E-state index is 12.1. The van der Waals surface area contributed by atoms with E-state index in [-0.39, 0.29) is 16.9 Å². The third-order valence-corrected chi connectivity index (χ3v) is 4.80. The lowest BCUT2D eigenvalue weighted by Crippen LogP contribution is -2.21. The van der Waals surface area contributed by atoms with Crippen LogP contribution in [0.5, 0.6) is 0 Å². The third kappa shape index (κ3) is 5.00. The minimum absolute atomic E-state index is 0.154. The van der Waals surface area contributed by atoms with Crippen molar-refractivity contribution in [1.82, 2.24) is 20.2 Å². The van der Waals surface area contributed by atoms with Gasteiger partial charge in [-0.15, -0.1) is 5.10 Å². The first-order chi connectivity index (χ1) is 13.8. The number of carbonyl (C=O) groups excluding carboxylic acids is 2. The monoisotopic (exact) mass is 524 g/mol. The van der Waals surface area contributed by atoms with Crippen molar-refractivity contribution < 1.29 is 19.2 Å². The summed E-state index contributed by atoms with van der Waals surface area (Å²) in [6.07, 6.45) is 1.41. The molecular formula is C16H10Br2N6O5. The van der Waals surface area contributed by atoms with Crippen LogP contribution in [0.1, 0.15) is 10.4 Å². The Morgan fingerprint density at radius 1 is 1.17 bits per heavy atom. The molecule has 1 N–H and O–H groups in total. The lowest BCUT2D eigenvalue weighted by molar-refractivity contribution is -0.385. The van der Waals surface area contributed by atoms with Crippen molar-refractivity contribution in [2.24, 2.45) is 0 Å². The lowest BCUT2D eigenvalue weighted by Gasteiger charge is -2.10. The van der Waals surface area contributed by atoms with E-state index < -0.39 is 23.4 Å². The molecule has 0 spiro atoms. The second kappa shape index (κ2) is 8.87. The number of rotatable bonds is 6. The van der Waals surface area contributed by atoms with E-state index in [0.717, 1.165) is 0 Å². The van der Waals surface area contributed by atoms with Gasteiger partial charge < -0.3 is 10.1 Å². The topological polar surface area (TPSA) is 142 Å². The van der Waals surface area contributed by atoms with E-state index in [1.54, 1.807) is 12.1 Å². The number of hydrogen-bond donors (Lipinski definition) is 1. The van der Waals surface area contributed by atoms with Crippen LogP contribution in [0.4, 0.5) is 11.4 Å². The second-order valence-electron chi connectivity index (χ2n) is 5.47. The summed E-state index contributed by atoms with van der Waals surface area (Å²) in [6, 6.07) is 8.77. The number of nitrogens with one attached hydrogen (secondary N) is 1. The number of anilines is 1. The molecule has 0 atom stereocenters. The molecule has 13 heteroatoms. The van der Waals surface area contributed by atoms with Crippen LogP contribution < -0.4 is 5.32 Å². The van der Waals surface area contributed by atoms with Crippen LogP contribution in [-0.4, -0.2) is 43.6 Å². The van der Waals surface area contributed by atoms with E-state index in [1.165, 1.54) is 35.3 Å². The number of nitrogens with zero attached hydrogens (tertiary/aromatic N) is 5. The van der Waals surface area contributed by atoms with Crippen molar-refractivity contribution >= 4 is 55.1 Å². The highest BCUT2D eigenvalue weighted by atomic mass is 79.9. The number of carbonyl (C=O) groups is 2. The van der Waals surface area contributed by atoms with E-state index in [1.807, 2.05) is 0 Å². The molecule has 1 heterocycles. The first kappa shape index (κ1) is 20.5. The number of halogens is 2. The van der Waals surface area contributed by atoms with Gasteiger partial charge in [0.25, 0.3) is 11.6 Å². The summed E-state index contributed by atoms with van der Waals surface area (Å²) < 4.78 is 7.02. The number of ether oxygens (including phenoxy) is 1. The van der Waals surface area contributed by atoms with Crippen molar-refractivity contribution in [1.29, 1.82) is 0 Å². The molecule has 11 nitrogen and oxygen atoms in total. The summed E-state index contributed by atoms with van der Waals surface area (Å²) in [4.78, 5) is 34.5. The van der Waals surface area contributed by atoms with Crippen molar-refractivity contribution in [3.63, 3.8) is 0 Å². The number of benzene rings is 2. The number of aromatic nitrogens is 4. The van der Waals surface area contributed by atoms with E-state index in [9.17, 15) is 19.7 Å². The maximum Gasteiger partial charge on any atom is 0.338 e. The average molecular weight is 526 g/mol. The van der Waals surface area contributed by atoms with E-state index >= 15 is 0 Å². The van der Waals surface area contributed by atoms with Crippen molar-refractivity contribution in [3.8, 4) is 5.69 Å². The highest BCUT2D eigenvalue weighted by molar-refractivity contribution is 9.11. The standard InChI is InChI=1S/C16H10Br2N6O5/c17-12-5-11(24(27)28)6-13(18)15(12)20-14(25)7-29-16(26)9-1-3-10(4-2-9)23-8-19-21-22-23/h1-6,8H,7H2,(H,20,25). The zero-order valence-electron chi connectivity index (χ0n) is 14.3. The first-order valence-corrected chi connectivity index (χ1v) is 9.37.